The Bertz CT molecular complexity index is 851. The Labute approximate surface area is 153 Å². The Morgan fingerprint density at radius 1 is 1.35 bits per heavy atom. The lowest BCUT2D eigenvalue weighted by Crippen LogP contribution is -2.43. The van der Waals surface area contributed by atoms with Crippen LogP contribution in [-0.4, -0.2) is 44.1 Å². The SMILES string of the molecule is COc1ccc2c(C)c(CCC(=O)NC3CCN(C)CC3)c(=O)oc2c1. The monoisotopic (exact) mass is 358 g/mol. The quantitative estimate of drug-likeness (QED) is 0.830. The molecule has 6 nitrogen and oxygen atoms in total. The lowest BCUT2D eigenvalue weighted by molar-refractivity contribution is -0.122. The summed E-state index contributed by atoms with van der Waals surface area (Å²) in [7, 11) is 3.67. The van der Waals surface area contributed by atoms with Gasteiger partial charge in [0.1, 0.15) is 11.3 Å². The highest BCUT2D eigenvalue weighted by Gasteiger charge is 2.19. The van der Waals surface area contributed by atoms with Gasteiger partial charge in [-0.05, 0) is 64.0 Å². The van der Waals surface area contributed by atoms with Gasteiger partial charge in [0.15, 0.2) is 0 Å². The van der Waals surface area contributed by atoms with Gasteiger partial charge in [0, 0.05) is 29.5 Å². The molecule has 1 aliphatic heterocycles. The molecule has 26 heavy (non-hydrogen) atoms. The number of nitrogens with zero attached hydrogens (tertiary/aromatic N) is 1. The Morgan fingerprint density at radius 2 is 2.08 bits per heavy atom. The maximum atomic E-state index is 12.3. The summed E-state index contributed by atoms with van der Waals surface area (Å²) in [6, 6.07) is 5.67. The van der Waals surface area contributed by atoms with Crippen molar-refractivity contribution in [2.24, 2.45) is 0 Å². The van der Waals surface area contributed by atoms with E-state index in [0.29, 0.717) is 29.7 Å². The van der Waals surface area contributed by atoms with E-state index in [1.165, 1.54) is 0 Å². The molecule has 0 radical (unpaired) electrons. The average Bonchev–Trinajstić information content (AvgIpc) is 2.63. The van der Waals surface area contributed by atoms with E-state index in [-0.39, 0.29) is 17.6 Å². The first-order valence-electron chi connectivity index (χ1n) is 9.06. The van der Waals surface area contributed by atoms with E-state index in [4.69, 9.17) is 9.15 Å². The second-order valence-electron chi connectivity index (χ2n) is 7.00. The topological polar surface area (TPSA) is 71.8 Å². The molecule has 0 saturated carbocycles. The fourth-order valence-corrected chi connectivity index (χ4v) is 3.48. The number of hydrogen-bond acceptors (Lipinski definition) is 5. The van der Waals surface area contributed by atoms with Gasteiger partial charge >= 0.3 is 5.63 Å². The molecule has 1 N–H and O–H groups in total. The second-order valence-corrected chi connectivity index (χ2v) is 7.00. The van der Waals surface area contributed by atoms with E-state index in [2.05, 4.69) is 17.3 Å². The minimum atomic E-state index is -0.379. The number of aryl methyl sites for hydroxylation is 1. The number of benzene rings is 1. The predicted octanol–water partition coefficient (Wildman–Crippen LogP) is 2.25. The number of carbonyl (C=O) groups excluding carboxylic acids is 1. The van der Waals surface area contributed by atoms with Crippen molar-refractivity contribution in [3.05, 3.63) is 39.7 Å². The van der Waals surface area contributed by atoms with E-state index < -0.39 is 0 Å². The number of hydrogen-bond donors (Lipinski definition) is 1. The number of fused-ring (bicyclic) bond motifs is 1. The number of piperidine rings is 1. The largest absolute Gasteiger partial charge is 0.497 e. The second kappa shape index (κ2) is 7.91. The molecule has 2 heterocycles. The summed E-state index contributed by atoms with van der Waals surface area (Å²) >= 11 is 0. The first-order chi connectivity index (χ1) is 12.5. The summed E-state index contributed by atoms with van der Waals surface area (Å²) in [6.45, 7) is 3.90. The van der Waals surface area contributed by atoms with Crippen LogP contribution in [0.1, 0.15) is 30.4 Å². The number of carbonyl (C=O) groups is 1. The molecule has 2 aromatic rings. The number of amides is 1. The summed E-state index contributed by atoms with van der Waals surface area (Å²) < 4.78 is 10.6. The number of ether oxygens (including phenoxy) is 1. The van der Waals surface area contributed by atoms with Gasteiger partial charge in [-0.15, -0.1) is 0 Å². The van der Waals surface area contributed by atoms with Crippen molar-refractivity contribution >= 4 is 16.9 Å². The van der Waals surface area contributed by atoms with Gasteiger partial charge < -0.3 is 19.4 Å². The molecule has 0 aliphatic carbocycles. The van der Waals surface area contributed by atoms with Crippen molar-refractivity contribution in [2.45, 2.75) is 38.6 Å². The Kier molecular flexibility index (Phi) is 5.61. The standard InChI is InChI=1S/C20H26N2O4/c1-13-16-5-4-15(25-3)12-18(16)26-20(24)17(13)6-7-19(23)21-14-8-10-22(2)11-9-14/h4-5,12,14H,6-11H2,1-3H3,(H,21,23). The van der Waals surface area contributed by atoms with E-state index in [0.717, 1.165) is 36.9 Å². The van der Waals surface area contributed by atoms with Crippen LogP contribution in [0.15, 0.2) is 27.4 Å². The molecule has 0 spiro atoms. The molecular formula is C20H26N2O4. The molecule has 1 aromatic heterocycles. The third kappa shape index (κ3) is 4.07. The molecule has 0 atom stereocenters. The number of methoxy groups -OCH3 is 1. The van der Waals surface area contributed by atoms with Crippen LogP contribution in [0.4, 0.5) is 0 Å². The number of likely N-dealkylation sites (tertiary alicyclic amines) is 1. The van der Waals surface area contributed by atoms with Crippen LogP contribution in [-0.2, 0) is 11.2 Å². The lowest BCUT2D eigenvalue weighted by Gasteiger charge is -2.29. The van der Waals surface area contributed by atoms with Crippen LogP contribution < -0.4 is 15.7 Å². The third-order valence-corrected chi connectivity index (χ3v) is 5.18. The van der Waals surface area contributed by atoms with Gasteiger partial charge in [-0.1, -0.05) is 0 Å². The summed E-state index contributed by atoms with van der Waals surface area (Å²) in [4.78, 5) is 26.9. The van der Waals surface area contributed by atoms with Crippen LogP contribution in [0.2, 0.25) is 0 Å². The average molecular weight is 358 g/mol. The van der Waals surface area contributed by atoms with Crippen LogP contribution in [0.25, 0.3) is 11.0 Å². The smallest absolute Gasteiger partial charge is 0.339 e. The fourth-order valence-electron chi connectivity index (χ4n) is 3.48. The number of nitrogens with one attached hydrogen (secondary N) is 1. The van der Waals surface area contributed by atoms with Crippen molar-refractivity contribution in [3.8, 4) is 5.75 Å². The van der Waals surface area contributed by atoms with Crippen molar-refractivity contribution in [1.82, 2.24) is 10.2 Å². The van der Waals surface area contributed by atoms with Crippen molar-refractivity contribution in [1.29, 1.82) is 0 Å². The van der Waals surface area contributed by atoms with E-state index >= 15 is 0 Å². The lowest BCUT2D eigenvalue weighted by atomic mass is 10.0. The summed E-state index contributed by atoms with van der Waals surface area (Å²) in [5, 5.41) is 3.96. The molecule has 0 bridgehead atoms. The number of rotatable bonds is 5. The molecule has 3 rings (SSSR count). The normalized spacial score (nSPS) is 16.0. The highest BCUT2D eigenvalue weighted by molar-refractivity contribution is 5.82. The zero-order valence-electron chi connectivity index (χ0n) is 15.6. The van der Waals surface area contributed by atoms with E-state index in [1.54, 1.807) is 13.2 Å². The van der Waals surface area contributed by atoms with Crippen LogP contribution in [0.5, 0.6) is 5.75 Å². The third-order valence-electron chi connectivity index (χ3n) is 5.18. The molecular weight excluding hydrogens is 332 g/mol. The van der Waals surface area contributed by atoms with Gasteiger partial charge in [-0.25, -0.2) is 4.79 Å². The zero-order valence-corrected chi connectivity index (χ0v) is 15.6. The van der Waals surface area contributed by atoms with Gasteiger partial charge in [0.05, 0.1) is 7.11 Å². The van der Waals surface area contributed by atoms with Gasteiger partial charge in [0.2, 0.25) is 5.91 Å². The predicted molar refractivity (Wildman–Crippen MR) is 101 cm³/mol. The minimum absolute atomic E-state index is 0.00631. The summed E-state index contributed by atoms with van der Waals surface area (Å²) in [6.07, 6.45) is 2.62. The molecule has 140 valence electrons. The van der Waals surface area contributed by atoms with Gasteiger partial charge in [-0.2, -0.15) is 0 Å². The zero-order chi connectivity index (χ0) is 18.7. The first kappa shape index (κ1) is 18.5. The van der Waals surface area contributed by atoms with Gasteiger partial charge in [0.25, 0.3) is 0 Å². The maximum absolute atomic E-state index is 12.3. The Hall–Kier alpha value is -2.34. The van der Waals surface area contributed by atoms with Crippen LogP contribution in [0.3, 0.4) is 0 Å². The summed E-state index contributed by atoms with van der Waals surface area (Å²) in [5.74, 6) is 0.637. The van der Waals surface area contributed by atoms with Crippen LogP contribution >= 0.6 is 0 Å². The van der Waals surface area contributed by atoms with Crippen molar-refractivity contribution in [3.63, 3.8) is 0 Å². The molecule has 1 saturated heterocycles. The first-order valence-corrected chi connectivity index (χ1v) is 9.06. The molecule has 0 unspecified atom stereocenters. The fraction of sp³-hybridized carbons (Fsp3) is 0.500. The molecule has 1 aliphatic rings. The molecule has 1 amide bonds. The minimum Gasteiger partial charge on any atom is -0.497 e. The Morgan fingerprint density at radius 3 is 2.77 bits per heavy atom. The van der Waals surface area contributed by atoms with Crippen molar-refractivity contribution in [2.75, 3.05) is 27.2 Å². The highest BCUT2D eigenvalue weighted by atomic mass is 16.5. The Balaban J connectivity index is 1.68. The van der Waals surface area contributed by atoms with Crippen LogP contribution in [0, 0.1) is 6.92 Å². The van der Waals surface area contributed by atoms with E-state index in [1.807, 2.05) is 19.1 Å². The maximum Gasteiger partial charge on any atom is 0.339 e. The van der Waals surface area contributed by atoms with E-state index in [9.17, 15) is 9.59 Å². The van der Waals surface area contributed by atoms with Crippen molar-refractivity contribution < 1.29 is 13.9 Å². The molecule has 1 fully saturated rings. The molecule has 6 heteroatoms. The molecule has 1 aromatic carbocycles. The summed E-state index contributed by atoms with van der Waals surface area (Å²) in [5.41, 5.74) is 1.56. The highest BCUT2D eigenvalue weighted by Crippen LogP contribution is 2.24. The van der Waals surface area contributed by atoms with Gasteiger partial charge in [-0.3, -0.25) is 4.79 Å².